The number of carbonyl (C=O) groups is 2. The number of hydrogen-bond acceptors (Lipinski definition) is 8. The van der Waals surface area contributed by atoms with Crippen LogP contribution in [0.4, 0.5) is 5.69 Å². The fourth-order valence-electron chi connectivity index (χ4n) is 2.91. The van der Waals surface area contributed by atoms with E-state index in [9.17, 15) is 9.59 Å². The minimum atomic E-state index is -0.273. The van der Waals surface area contributed by atoms with Crippen LogP contribution in [-0.2, 0) is 14.3 Å². The Balaban J connectivity index is 1.93. The smallest absolute Gasteiger partial charge is 0.204 e. The van der Waals surface area contributed by atoms with Gasteiger partial charge in [-0.15, -0.1) is 0 Å². The van der Waals surface area contributed by atoms with Crippen molar-refractivity contribution in [3.8, 4) is 11.5 Å². The van der Waals surface area contributed by atoms with Crippen LogP contribution in [0.5, 0.6) is 11.5 Å². The molecule has 1 aliphatic carbocycles. The Morgan fingerprint density at radius 3 is 2.52 bits per heavy atom. The fraction of sp³-hybridized carbons (Fsp3) is 0.286. The SMILES string of the molecule is COCCOc1cc2nccc(NC3=CC(=O)C(N(C)C)=CC3=O)c2cc1OC. The number of allylic oxidation sites excluding steroid dienone is 2. The van der Waals surface area contributed by atoms with E-state index in [2.05, 4.69) is 10.3 Å². The van der Waals surface area contributed by atoms with E-state index < -0.39 is 0 Å². The number of ketones is 2. The van der Waals surface area contributed by atoms with Gasteiger partial charge in [-0.1, -0.05) is 0 Å². The van der Waals surface area contributed by atoms with E-state index in [1.807, 2.05) is 0 Å². The highest BCUT2D eigenvalue weighted by molar-refractivity contribution is 6.21. The molecule has 0 amide bonds. The molecule has 0 aliphatic heterocycles. The van der Waals surface area contributed by atoms with E-state index in [0.29, 0.717) is 41.6 Å². The number of fused-ring (bicyclic) bond motifs is 1. The molecule has 0 spiro atoms. The Kier molecular flexibility index (Phi) is 6.13. The Bertz CT molecular complexity index is 1010. The average molecular weight is 397 g/mol. The summed E-state index contributed by atoms with van der Waals surface area (Å²) in [6.45, 7) is 0.823. The first-order chi connectivity index (χ1) is 13.9. The summed E-state index contributed by atoms with van der Waals surface area (Å²) in [7, 11) is 6.59. The third-order valence-corrected chi connectivity index (χ3v) is 4.38. The van der Waals surface area contributed by atoms with E-state index >= 15 is 0 Å². The van der Waals surface area contributed by atoms with Crippen LogP contribution in [0.15, 0.2) is 47.9 Å². The van der Waals surface area contributed by atoms with Crippen LogP contribution in [0.25, 0.3) is 10.9 Å². The lowest BCUT2D eigenvalue weighted by atomic mass is 10.0. The number of nitrogens with one attached hydrogen (secondary N) is 1. The zero-order chi connectivity index (χ0) is 21.0. The lowest BCUT2D eigenvalue weighted by Gasteiger charge is -2.20. The number of pyridine rings is 1. The molecule has 8 heteroatoms. The topological polar surface area (TPSA) is 90.0 Å². The van der Waals surface area contributed by atoms with Gasteiger partial charge in [0.25, 0.3) is 0 Å². The van der Waals surface area contributed by atoms with E-state index in [1.165, 1.54) is 12.2 Å². The summed E-state index contributed by atoms with van der Waals surface area (Å²) in [6, 6.07) is 5.28. The number of anilines is 1. The maximum atomic E-state index is 12.5. The molecular formula is C21H23N3O5. The normalized spacial score (nSPS) is 13.8. The average Bonchev–Trinajstić information content (AvgIpc) is 2.70. The van der Waals surface area contributed by atoms with Crippen molar-refractivity contribution < 1.29 is 23.8 Å². The second kappa shape index (κ2) is 8.74. The van der Waals surface area contributed by atoms with Gasteiger partial charge in [0.05, 0.1) is 30.6 Å². The van der Waals surface area contributed by atoms with Gasteiger partial charge in [0.2, 0.25) is 11.6 Å². The Hall–Kier alpha value is -3.39. The Labute approximate surface area is 168 Å². The van der Waals surface area contributed by atoms with Gasteiger partial charge in [-0.05, 0) is 12.1 Å². The number of hydrogen-bond donors (Lipinski definition) is 1. The Morgan fingerprint density at radius 1 is 1.03 bits per heavy atom. The minimum Gasteiger partial charge on any atom is -0.493 e. The van der Waals surface area contributed by atoms with Crippen molar-refractivity contribution in [2.24, 2.45) is 0 Å². The minimum absolute atomic E-state index is 0.201. The summed E-state index contributed by atoms with van der Waals surface area (Å²) >= 11 is 0. The molecule has 1 heterocycles. The van der Waals surface area contributed by atoms with Crippen LogP contribution >= 0.6 is 0 Å². The first kappa shape index (κ1) is 20.3. The van der Waals surface area contributed by atoms with Gasteiger partial charge in [0, 0.05) is 56.7 Å². The molecular weight excluding hydrogens is 374 g/mol. The van der Waals surface area contributed by atoms with Crippen molar-refractivity contribution in [3.05, 3.63) is 47.9 Å². The summed E-state index contributed by atoms with van der Waals surface area (Å²) in [5.74, 6) is 0.564. The van der Waals surface area contributed by atoms with Gasteiger partial charge in [-0.3, -0.25) is 14.6 Å². The van der Waals surface area contributed by atoms with Crippen LogP contribution in [0, 0.1) is 0 Å². The third-order valence-electron chi connectivity index (χ3n) is 4.38. The molecule has 0 saturated heterocycles. The summed E-state index contributed by atoms with van der Waals surface area (Å²) in [5, 5.41) is 3.79. The highest BCUT2D eigenvalue weighted by atomic mass is 16.5. The van der Waals surface area contributed by atoms with Crippen molar-refractivity contribution in [1.29, 1.82) is 0 Å². The van der Waals surface area contributed by atoms with Crippen LogP contribution in [0.2, 0.25) is 0 Å². The molecule has 0 unspecified atom stereocenters. The first-order valence-electron chi connectivity index (χ1n) is 8.99. The predicted molar refractivity (Wildman–Crippen MR) is 109 cm³/mol. The summed E-state index contributed by atoms with van der Waals surface area (Å²) < 4.78 is 16.1. The molecule has 0 saturated carbocycles. The molecule has 3 rings (SSSR count). The molecule has 0 fully saturated rings. The molecule has 2 aromatic rings. The molecule has 0 radical (unpaired) electrons. The second-order valence-electron chi connectivity index (χ2n) is 6.56. The van der Waals surface area contributed by atoms with Gasteiger partial charge in [0.1, 0.15) is 6.61 Å². The summed E-state index contributed by atoms with van der Waals surface area (Å²) in [5.41, 5.74) is 1.83. The van der Waals surface area contributed by atoms with Gasteiger partial charge in [-0.2, -0.15) is 0 Å². The Morgan fingerprint density at radius 2 is 1.83 bits per heavy atom. The van der Waals surface area contributed by atoms with E-state index in [1.54, 1.807) is 57.6 Å². The quantitative estimate of drug-likeness (QED) is 0.535. The first-order valence-corrected chi connectivity index (χ1v) is 8.99. The summed E-state index contributed by atoms with van der Waals surface area (Å²) in [6.07, 6.45) is 4.26. The summed E-state index contributed by atoms with van der Waals surface area (Å²) in [4.78, 5) is 30.7. The number of aromatic nitrogens is 1. The van der Waals surface area contributed by atoms with Gasteiger partial charge in [0.15, 0.2) is 11.5 Å². The number of rotatable bonds is 8. The maximum absolute atomic E-state index is 12.5. The lowest BCUT2D eigenvalue weighted by molar-refractivity contribution is -0.116. The lowest BCUT2D eigenvalue weighted by Crippen LogP contribution is -2.25. The van der Waals surface area contributed by atoms with E-state index in [-0.39, 0.29) is 17.3 Å². The van der Waals surface area contributed by atoms with Crippen molar-refractivity contribution >= 4 is 28.2 Å². The number of likely N-dealkylation sites (N-methyl/N-ethyl adjacent to an activating group) is 1. The second-order valence-corrected chi connectivity index (χ2v) is 6.56. The van der Waals surface area contributed by atoms with Gasteiger partial charge in [-0.25, -0.2) is 0 Å². The molecule has 8 nitrogen and oxygen atoms in total. The third kappa shape index (κ3) is 4.38. The van der Waals surface area contributed by atoms with Crippen molar-refractivity contribution in [1.82, 2.24) is 9.88 Å². The number of ether oxygens (including phenoxy) is 3. The van der Waals surface area contributed by atoms with Crippen molar-refractivity contribution in [3.63, 3.8) is 0 Å². The van der Waals surface area contributed by atoms with Crippen molar-refractivity contribution in [2.45, 2.75) is 0 Å². The molecule has 1 N–H and O–H groups in total. The molecule has 0 atom stereocenters. The number of nitrogens with zero attached hydrogens (tertiary/aromatic N) is 2. The van der Waals surface area contributed by atoms with Crippen LogP contribution in [-0.4, -0.2) is 63.0 Å². The van der Waals surface area contributed by atoms with Gasteiger partial charge < -0.3 is 24.4 Å². The number of carbonyl (C=O) groups excluding carboxylic acids is 2. The zero-order valence-electron chi connectivity index (χ0n) is 16.8. The fourth-order valence-corrected chi connectivity index (χ4v) is 2.91. The highest BCUT2D eigenvalue weighted by Gasteiger charge is 2.22. The number of benzene rings is 1. The monoisotopic (exact) mass is 397 g/mol. The van der Waals surface area contributed by atoms with Crippen LogP contribution in [0.3, 0.4) is 0 Å². The largest absolute Gasteiger partial charge is 0.493 e. The van der Waals surface area contributed by atoms with Crippen LogP contribution < -0.4 is 14.8 Å². The highest BCUT2D eigenvalue weighted by Crippen LogP contribution is 2.35. The van der Waals surface area contributed by atoms with Gasteiger partial charge >= 0.3 is 0 Å². The predicted octanol–water partition coefficient (Wildman–Crippen LogP) is 2.16. The maximum Gasteiger partial charge on any atom is 0.204 e. The van der Waals surface area contributed by atoms with Crippen molar-refractivity contribution in [2.75, 3.05) is 46.8 Å². The van der Waals surface area contributed by atoms with E-state index in [4.69, 9.17) is 14.2 Å². The molecule has 1 aromatic carbocycles. The molecule has 29 heavy (non-hydrogen) atoms. The van der Waals surface area contributed by atoms with E-state index in [0.717, 1.165) is 5.39 Å². The molecule has 1 aromatic heterocycles. The molecule has 0 bridgehead atoms. The molecule has 152 valence electrons. The standard InChI is InChI=1S/C21H23N3O5/c1-24(2)17-12-18(25)16(10-19(17)26)23-14-5-6-22-15-11-21(29-8-7-27-3)20(28-4)9-13(14)15/h5-6,9-12H,7-8H2,1-4H3,(H,22,23). The molecule has 1 aliphatic rings. The zero-order valence-corrected chi connectivity index (χ0v) is 16.8. The van der Waals surface area contributed by atoms with Crippen LogP contribution in [0.1, 0.15) is 0 Å². The number of methoxy groups -OCH3 is 2.